The summed E-state index contributed by atoms with van der Waals surface area (Å²) >= 11 is 0. The molecule has 0 radical (unpaired) electrons. The van der Waals surface area contributed by atoms with Crippen LogP contribution in [-0.2, 0) is 12.9 Å². The van der Waals surface area contributed by atoms with E-state index >= 15 is 0 Å². The number of halogens is 4. The van der Waals surface area contributed by atoms with Crippen LogP contribution in [0.2, 0.25) is 0 Å². The van der Waals surface area contributed by atoms with Gasteiger partial charge < -0.3 is 10.2 Å². The van der Waals surface area contributed by atoms with Crippen molar-refractivity contribution in [2.24, 2.45) is 0 Å². The summed E-state index contributed by atoms with van der Waals surface area (Å²) in [5, 5.41) is 20.3. The number of alkyl halides is 4. The van der Waals surface area contributed by atoms with Crippen molar-refractivity contribution >= 4 is 22.5 Å². The number of aromatic nitrogens is 4. The van der Waals surface area contributed by atoms with Gasteiger partial charge in [-0.15, -0.1) is 10.2 Å². The zero-order valence-corrected chi connectivity index (χ0v) is 19.0. The topological polar surface area (TPSA) is 86.8 Å². The second kappa shape index (κ2) is 9.56. The number of hydrogen-bond acceptors (Lipinski definition) is 5. The molecule has 2 N–H and O–H groups in total. The zero-order valence-electron chi connectivity index (χ0n) is 19.0. The molecule has 0 bridgehead atoms. The monoisotopic (exact) mass is 498 g/mol. The van der Waals surface area contributed by atoms with Gasteiger partial charge in [-0.25, -0.2) is 4.39 Å². The first-order valence-corrected chi connectivity index (χ1v) is 11.4. The highest BCUT2D eigenvalue weighted by atomic mass is 19.4. The SMILES string of the molecule is O=C(NC1CCN(c2nnc(-c3ccn[nH]3)c3ccccc23)CC1)c1ccc(CF)cc1C(F)(F)F. The molecule has 2 aromatic carbocycles. The van der Waals surface area contributed by atoms with E-state index in [9.17, 15) is 22.4 Å². The number of H-pyrrole nitrogens is 1. The molecule has 5 rings (SSSR count). The molecule has 3 heterocycles. The van der Waals surface area contributed by atoms with Crippen molar-refractivity contribution in [1.29, 1.82) is 0 Å². The molecule has 36 heavy (non-hydrogen) atoms. The van der Waals surface area contributed by atoms with Crippen molar-refractivity contribution < 1.29 is 22.4 Å². The lowest BCUT2D eigenvalue weighted by Crippen LogP contribution is -2.45. The second-order valence-corrected chi connectivity index (χ2v) is 8.63. The van der Waals surface area contributed by atoms with Gasteiger partial charge in [0.15, 0.2) is 5.82 Å². The average Bonchev–Trinajstić information content (AvgIpc) is 3.42. The van der Waals surface area contributed by atoms with Crippen LogP contribution in [0.1, 0.15) is 34.3 Å². The largest absolute Gasteiger partial charge is 0.417 e. The predicted octanol–water partition coefficient (Wildman–Crippen LogP) is 4.91. The maximum atomic E-state index is 13.5. The van der Waals surface area contributed by atoms with Crippen LogP contribution in [0.4, 0.5) is 23.4 Å². The van der Waals surface area contributed by atoms with Crippen LogP contribution in [0, 0.1) is 0 Å². The molecule has 0 saturated carbocycles. The van der Waals surface area contributed by atoms with Gasteiger partial charge in [0, 0.05) is 36.1 Å². The Morgan fingerprint density at radius 2 is 1.81 bits per heavy atom. The first kappa shape index (κ1) is 23.7. The summed E-state index contributed by atoms with van der Waals surface area (Å²) in [6, 6.07) is 12.2. The average molecular weight is 498 g/mol. The summed E-state index contributed by atoms with van der Waals surface area (Å²) in [4.78, 5) is 14.8. The predicted molar refractivity (Wildman–Crippen MR) is 126 cm³/mol. The smallest absolute Gasteiger partial charge is 0.354 e. The lowest BCUT2D eigenvalue weighted by Gasteiger charge is -2.33. The van der Waals surface area contributed by atoms with Crippen LogP contribution >= 0.6 is 0 Å². The van der Waals surface area contributed by atoms with Crippen LogP contribution in [0.5, 0.6) is 0 Å². The number of piperidine rings is 1. The molecule has 4 aromatic rings. The highest BCUT2D eigenvalue weighted by molar-refractivity contribution is 6.00. The summed E-state index contributed by atoms with van der Waals surface area (Å²) in [5.74, 6) is -0.111. The van der Waals surface area contributed by atoms with Gasteiger partial charge in [-0.2, -0.15) is 18.3 Å². The van der Waals surface area contributed by atoms with Gasteiger partial charge in [0.05, 0.1) is 16.8 Å². The van der Waals surface area contributed by atoms with E-state index in [2.05, 4.69) is 30.6 Å². The minimum atomic E-state index is -4.76. The number of nitrogens with zero attached hydrogens (tertiary/aromatic N) is 4. The van der Waals surface area contributed by atoms with Crippen LogP contribution in [-0.4, -0.2) is 45.4 Å². The highest BCUT2D eigenvalue weighted by Crippen LogP contribution is 2.34. The number of carbonyl (C=O) groups excluding carboxylic acids is 1. The molecular formula is C25H22F4N6O. The number of hydrogen-bond donors (Lipinski definition) is 2. The van der Waals surface area contributed by atoms with Crippen LogP contribution in [0.25, 0.3) is 22.2 Å². The maximum absolute atomic E-state index is 13.5. The molecule has 0 aliphatic carbocycles. The second-order valence-electron chi connectivity index (χ2n) is 8.63. The summed E-state index contributed by atoms with van der Waals surface area (Å²) in [7, 11) is 0. The van der Waals surface area contributed by atoms with E-state index in [0.29, 0.717) is 43.5 Å². The van der Waals surface area contributed by atoms with Crippen LogP contribution in [0.15, 0.2) is 54.7 Å². The lowest BCUT2D eigenvalue weighted by atomic mass is 10.0. The van der Waals surface area contributed by atoms with Crippen molar-refractivity contribution in [3.05, 3.63) is 71.4 Å². The van der Waals surface area contributed by atoms with Gasteiger partial charge in [-0.05, 0) is 36.6 Å². The van der Waals surface area contributed by atoms with E-state index in [1.54, 1.807) is 6.20 Å². The Labute approximate surface area is 203 Å². The van der Waals surface area contributed by atoms with Crippen molar-refractivity contribution in [1.82, 2.24) is 25.7 Å². The summed E-state index contributed by atoms with van der Waals surface area (Å²) in [6.45, 7) is 0.0454. The number of amides is 1. The molecular weight excluding hydrogens is 476 g/mol. The molecule has 0 atom stereocenters. The number of fused-ring (bicyclic) bond motifs is 1. The van der Waals surface area contributed by atoms with Crippen molar-refractivity contribution in [3.63, 3.8) is 0 Å². The fourth-order valence-electron chi connectivity index (χ4n) is 4.52. The first-order chi connectivity index (χ1) is 17.3. The van der Waals surface area contributed by atoms with E-state index in [4.69, 9.17) is 0 Å². The Morgan fingerprint density at radius 3 is 2.47 bits per heavy atom. The van der Waals surface area contributed by atoms with Gasteiger partial charge in [0.1, 0.15) is 12.4 Å². The Hall–Kier alpha value is -4.02. The number of rotatable bonds is 5. The Bertz CT molecular complexity index is 1380. The van der Waals surface area contributed by atoms with E-state index in [1.807, 2.05) is 30.3 Å². The Morgan fingerprint density at radius 1 is 1.06 bits per heavy atom. The van der Waals surface area contributed by atoms with Crippen molar-refractivity contribution in [2.75, 3.05) is 18.0 Å². The van der Waals surface area contributed by atoms with Crippen molar-refractivity contribution in [3.8, 4) is 11.4 Å². The molecule has 1 fully saturated rings. The third-order valence-corrected chi connectivity index (χ3v) is 6.34. The van der Waals surface area contributed by atoms with Gasteiger partial charge >= 0.3 is 6.18 Å². The molecule has 7 nitrogen and oxygen atoms in total. The minimum Gasteiger partial charge on any atom is -0.354 e. The summed E-state index contributed by atoms with van der Waals surface area (Å²) in [6.07, 6.45) is -2.07. The quantitative estimate of drug-likeness (QED) is 0.382. The number of nitrogens with one attached hydrogen (secondary N) is 2. The number of anilines is 1. The lowest BCUT2D eigenvalue weighted by molar-refractivity contribution is -0.138. The molecule has 2 aromatic heterocycles. The standard InChI is InChI=1S/C25H22F4N6O/c26-14-15-5-6-19(20(13-15)25(27,28)29)24(36)31-16-8-11-35(12-9-16)23-18-4-2-1-3-17(18)22(33-34-23)21-7-10-30-32-21/h1-7,10,13,16H,8-9,11-12,14H2,(H,30,32)(H,31,36). The van der Waals surface area contributed by atoms with E-state index < -0.39 is 29.9 Å². The third kappa shape index (κ3) is 4.60. The fourth-order valence-corrected chi connectivity index (χ4v) is 4.52. The highest BCUT2D eigenvalue weighted by Gasteiger charge is 2.36. The van der Waals surface area contributed by atoms with E-state index in [1.165, 1.54) is 6.07 Å². The van der Waals surface area contributed by atoms with Gasteiger partial charge in [-0.1, -0.05) is 30.3 Å². The minimum absolute atomic E-state index is 0.126. The fraction of sp³-hybridized carbons (Fsp3) is 0.280. The van der Waals surface area contributed by atoms with Gasteiger partial charge in [-0.3, -0.25) is 9.89 Å². The molecule has 186 valence electrons. The van der Waals surface area contributed by atoms with Gasteiger partial charge in [0.25, 0.3) is 5.91 Å². The van der Waals surface area contributed by atoms with E-state index in [-0.39, 0.29) is 11.6 Å². The molecule has 1 amide bonds. The summed E-state index contributed by atoms with van der Waals surface area (Å²) in [5.41, 5.74) is -0.322. The number of aromatic amines is 1. The first-order valence-electron chi connectivity index (χ1n) is 11.4. The number of carbonyl (C=O) groups is 1. The molecule has 0 unspecified atom stereocenters. The molecule has 1 aliphatic heterocycles. The normalized spacial score (nSPS) is 14.8. The molecule has 11 heteroatoms. The third-order valence-electron chi connectivity index (χ3n) is 6.34. The van der Waals surface area contributed by atoms with Crippen LogP contribution in [0.3, 0.4) is 0 Å². The Kier molecular flexibility index (Phi) is 6.29. The van der Waals surface area contributed by atoms with Gasteiger partial charge in [0.2, 0.25) is 0 Å². The van der Waals surface area contributed by atoms with Crippen LogP contribution < -0.4 is 10.2 Å². The Balaban J connectivity index is 1.31. The van der Waals surface area contributed by atoms with E-state index in [0.717, 1.165) is 22.5 Å². The number of benzene rings is 2. The summed E-state index contributed by atoms with van der Waals surface area (Å²) < 4.78 is 53.3. The maximum Gasteiger partial charge on any atom is 0.417 e. The zero-order chi connectivity index (χ0) is 25.3. The molecule has 1 saturated heterocycles. The molecule has 1 aliphatic rings. The molecule has 0 spiro atoms. The van der Waals surface area contributed by atoms with Crippen molar-refractivity contribution in [2.45, 2.75) is 31.7 Å².